The van der Waals surface area contributed by atoms with Gasteiger partial charge in [-0.3, -0.25) is 4.79 Å². The Bertz CT molecular complexity index is 324. The number of hydrogen-bond acceptors (Lipinski definition) is 2. The fourth-order valence-electron chi connectivity index (χ4n) is 1.37. The van der Waals surface area contributed by atoms with Crippen LogP contribution in [-0.4, -0.2) is 17.3 Å². The van der Waals surface area contributed by atoms with Gasteiger partial charge in [0.25, 0.3) is 5.91 Å². The van der Waals surface area contributed by atoms with E-state index in [2.05, 4.69) is 28.2 Å². The highest BCUT2D eigenvalue weighted by Gasteiger charge is 2.14. The first kappa shape index (κ1) is 12.7. The molecule has 1 amide bonds. The number of rotatable bonds is 5. The summed E-state index contributed by atoms with van der Waals surface area (Å²) in [4.78, 5) is 12.7. The third-order valence-electron chi connectivity index (χ3n) is 2.35. The number of thiophene rings is 1. The molecule has 1 atom stereocenters. The molecule has 0 bridgehead atoms. The molecule has 0 aliphatic rings. The summed E-state index contributed by atoms with van der Waals surface area (Å²) in [6, 6.07) is 2.25. The minimum Gasteiger partial charge on any atom is -0.349 e. The molecule has 1 unspecified atom stereocenters. The number of halogens is 1. The highest BCUT2D eigenvalue weighted by atomic mass is 79.9. The Labute approximate surface area is 103 Å². The molecule has 1 heterocycles. The van der Waals surface area contributed by atoms with Gasteiger partial charge in [-0.05, 0) is 36.8 Å². The molecule has 2 nitrogen and oxygen atoms in total. The zero-order valence-electron chi connectivity index (χ0n) is 9.05. The van der Waals surface area contributed by atoms with Crippen LogP contribution in [-0.2, 0) is 0 Å². The number of carbonyl (C=O) groups excluding carboxylic acids is 1. The van der Waals surface area contributed by atoms with Crippen LogP contribution < -0.4 is 5.32 Å². The summed E-state index contributed by atoms with van der Waals surface area (Å²) in [6.07, 6.45) is 1.95. The van der Waals surface area contributed by atoms with E-state index in [1.54, 1.807) is 0 Å². The zero-order valence-corrected chi connectivity index (χ0v) is 11.5. The van der Waals surface area contributed by atoms with Crippen molar-refractivity contribution in [3.63, 3.8) is 0 Å². The molecule has 0 fully saturated rings. The molecular formula is C11H16BrNOS. The van der Waals surface area contributed by atoms with Crippen LogP contribution in [0.5, 0.6) is 0 Å². The van der Waals surface area contributed by atoms with E-state index in [0.717, 1.165) is 28.6 Å². The number of carbonyl (C=O) groups is 1. The molecule has 1 N–H and O–H groups in total. The van der Waals surface area contributed by atoms with E-state index >= 15 is 0 Å². The summed E-state index contributed by atoms with van der Waals surface area (Å²) >= 11 is 4.90. The van der Waals surface area contributed by atoms with Crippen molar-refractivity contribution in [1.82, 2.24) is 5.32 Å². The molecule has 0 radical (unpaired) electrons. The van der Waals surface area contributed by atoms with E-state index in [1.807, 2.05) is 18.4 Å². The highest BCUT2D eigenvalue weighted by Crippen LogP contribution is 2.15. The van der Waals surface area contributed by atoms with Crippen LogP contribution in [0.3, 0.4) is 0 Å². The Morgan fingerprint density at radius 3 is 2.87 bits per heavy atom. The fourth-order valence-corrected chi connectivity index (χ4v) is 2.75. The summed E-state index contributed by atoms with van der Waals surface area (Å²) in [5.74, 6) is 0.0651. The smallest absolute Gasteiger partial charge is 0.261 e. The summed E-state index contributed by atoms with van der Waals surface area (Å²) in [7, 11) is 0. The molecule has 0 spiro atoms. The van der Waals surface area contributed by atoms with E-state index in [4.69, 9.17) is 0 Å². The van der Waals surface area contributed by atoms with E-state index in [9.17, 15) is 4.79 Å². The van der Waals surface area contributed by atoms with Gasteiger partial charge in [-0.15, -0.1) is 11.3 Å². The van der Waals surface area contributed by atoms with E-state index in [1.165, 1.54) is 11.3 Å². The minimum absolute atomic E-state index is 0.0651. The van der Waals surface area contributed by atoms with Gasteiger partial charge in [-0.2, -0.15) is 0 Å². The third kappa shape index (κ3) is 3.61. The Balaban J connectivity index is 2.58. The van der Waals surface area contributed by atoms with Crippen LogP contribution in [0.25, 0.3) is 0 Å². The molecule has 0 aromatic carbocycles. The standard InChI is InChI=1S/C11H16BrNOS/c1-3-9(4-6-12)13-11(14)10-8(2)5-7-15-10/h5,7,9H,3-4,6H2,1-2H3,(H,13,14). The van der Waals surface area contributed by atoms with Crippen molar-refractivity contribution in [1.29, 1.82) is 0 Å². The van der Waals surface area contributed by atoms with Crippen molar-refractivity contribution in [3.05, 3.63) is 21.9 Å². The summed E-state index contributed by atoms with van der Waals surface area (Å²) in [5, 5.41) is 5.93. The van der Waals surface area contributed by atoms with Gasteiger partial charge in [0.15, 0.2) is 0 Å². The van der Waals surface area contributed by atoms with Gasteiger partial charge in [0.05, 0.1) is 4.88 Å². The van der Waals surface area contributed by atoms with Gasteiger partial charge >= 0.3 is 0 Å². The molecule has 0 saturated heterocycles. The number of nitrogens with one attached hydrogen (secondary N) is 1. The lowest BCUT2D eigenvalue weighted by atomic mass is 10.1. The van der Waals surface area contributed by atoms with Gasteiger partial charge in [0, 0.05) is 11.4 Å². The Hall–Kier alpha value is -0.350. The zero-order chi connectivity index (χ0) is 11.3. The second-order valence-corrected chi connectivity index (χ2v) is 5.20. The van der Waals surface area contributed by atoms with Gasteiger partial charge < -0.3 is 5.32 Å². The predicted octanol–water partition coefficient (Wildman–Crippen LogP) is 3.35. The quantitative estimate of drug-likeness (QED) is 0.828. The van der Waals surface area contributed by atoms with Gasteiger partial charge in [-0.1, -0.05) is 22.9 Å². The van der Waals surface area contributed by atoms with Crippen molar-refractivity contribution in [2.45, 2.75) is 32.7 Å². The molecule has 0 saturated carbocycles. The lowest BCUT2D eigenvalue weighted by Gasteiger charge is -2.15. The monoisotopic (exact) mass is 289 g/mol. The Morgan fingerprint density at radius 1 is 1.67 bits per heavy atom. The van der Waals surface area contributed by atoms with Crippen LogP contribution in [0, 0.1) is 6.92 Å². The molecule has 1 rings (SSSR count). The number of amides is 1. The topological polar surface area (TPSA) is 29.1 Å². The first-order valence-electron chi connectivity index (χ1n) is 5.10. The second kappa shape index (κ2) is 6.28. The molecule has 4 heteroatoms. The van der Waals surface area contributed by atoms with Crippen molar-refractivity contribution in [3.8, 4) is 0 Å². The van der Waals surface area contributed by atoms with E-state index in [-0.39, 0.29) is 11.9 Å². The van der Waals surface area contributed by atoms with Crippen molar-refractivity contribution in [2.24, 2.45) is 0 Å². The first-order valence-corrected chi connectivity index (χ1v) is 7.10. The van der Waals surface area contributed by atoms with E-state index in [0.29, 0.717) is 0 Å². The molecule has 15 heavy (non-hydrogen) atoms. The molecular weight excluding hydrogens is 274 g/mol. The highest BCUT2D eigenvalue weighted by molar-refractivity contribution is 9.09. The lowest BCUT2D eigenvalue weighted by molar-refractivity contribution is 0.0939. The van der Waals surface area contributed by atoms with Crippen LogP contribution in [0.15, 0.2) is 11.4 Å². The van der Waals surface area contributed by atoms with Crippen LogP contribution >= 0.6 is 27.3 Å². The number of aryl methyl sites for hydroxylation is 1. The fraction of sp³-hybridized carbons (Fsp3) is 0.545. The molecule has 1 aromatic heterocycles. The maximum Gasteiger partial charge on any atom is 0.261 e. The Morgan fingerprint density at radius 2 is 2.40 bits per heavy atom. The lowest BCUT2D eigenvalue weighted by Crippen LogP contribution is -2.34. The summed E-state index contributed by atoms with van der Waals surface area (Å²) in [6.45, 7) is 4.06. The maximum absolute atomic E-state index is 11.9. The summed E-state index contributed by atoms with van der Waals surface area (Å²) < 4.78 is 0. The first-order chi connectivity index (χ1) is 7.19. The largest absolute Gasteiger partial charge is 0.349 e. The van der Waals surface area contributed by atoms with Crippen LogP contribution in [0.2, 0.25) is 0 Å². The number of hydrogen-bond donors (Lipinski definition) is 1. The van der Waals surface area contributed by atoms with Crippen molar-refractivity contribution >= 4 is 33.2 Å². The average Bonchev–Trinajstić information content (AvgIpc) is 2.63. The van der Waals surface area contributed by atoms with Crippen LogP contribution in [0.1, 0.15) is 35.0 Å². The average molecular weight is 290 g/mol. The molecule has 1 aromatic rings. The van der Waals surface area contributed by atoms with Gasteiger partial charge in [0.1, 0.15) is 0 Å². The minimum atomic E-state index is 0.0651. The van der Waals surface area contributed by atoms with Crippen molar-refractivity contribution in [2.75, 3.05) is 5.33 Å². The number of alkyl halides is 1. The van der Waals surface area contributed by atoms with Crippen LogP contribution in [0.4, 0.5) is 0 Å². The maximum atomic E-state index is 11.9. The third-order valence-corrected chi connectivity index (χ3v) is 3.83. The van der Waals surface area contributed by atoms with Gasteiger partial charge in [0.2, 0.25) is 0 Å². The predicted molar refractivity (Wildman–Crippen MR) is 69.0 cm³/mol. The molecule has 0 aliphatic heterocycles. The normalized spacial score (nSPS) is 12.5. The summed E-state index contributed by atoms with van der Waals surface area (Å²) in [5.41, 5.74) is 1.06. The van der Waals surface area contributed by atoms with E-state index < -0.39 is 0 Å². The second-order valence-electron chi connectivity index (χ2n) is 3.49. The SMILES string of the molecule is CCC(CCBr)NC(=O)c1sccc1C. The molecule has 0 aliphatic carbocycles. The molecule has 84 valence electrons. The Kier molecular flexibility index (Phi) is 5.32. The van der Waals surface area contributed by atoms with Gasteiger partial charge in [-0.25, -0.2) is 0 Å². The van der Waals surface area contributed by atoms with Crippen molar-refractivity contribution < 1.29 is 4.79 Å².